The lowest BCUT2D eigenvalue weighted by molar-refractivity contribution is -0.122. The van der Waals surface area contributed by atoms with Crippen molar-refractivity contribution in [3.63, 3.8) is 0 Å². The van der Waals surface area contributed by atoms with Crippen molar-refractivity contribution in [3.8, 4) is 0 Å². The van der Waals surface area contributed by atoms with Gasteiger partial charge < -0.3 is 20.7 Å². The second kappa shape index (κ2) is 7.54. The van der Waals surface area contributed by atoms with Crippen molar-refractivity contribution in [2.45, 2.75) is 19.4 Å². The zero-order chi connectivity index (χ0) is 19.6. The number of ether oxygens (including phenoxy) is 1. The first-order chi connectivity index (χ1) is 12.9. The van der Waals surface area contributed by atoms with Crippen LogP contribution < -0.4 is 16.0 Å². The van der Waals surface area contributed by atoms with E-state index in [-0.39, 0.29) is 17.2 Å². The number of amides is 3. The minimum absolute atomic E-state index is 0.119. The molecule has 0 aliphatic carbocycles. The number of hydrogen-bond donors (Lipinski definition) is 3. The van der Waals surface area contributed by atoms with Gasteiger partial charge in [0.2, 0.25) is 11.8 Å². The van der Waals surface area contributed by atoms with Crippen LogP contribution >= 0.6 is 11.3 Å². The Morgan fingerprint density at radius 2 is 2.04 bits per heavy atom. The number of rotatable bonds is 4. The van der Waals surface area contributed by atoms with Crippen LogP contribution in [0.2, 0.25) is 0 Å². The lowest BCUT2D eigenvalue weighted by Gasteiger charge is -2.13. The van der Waals surface area contributed by atoms with Crippen LogP contribution in [-0.4, -0.2) is 41.8 Å². The van der Waals surface area contributed by atoms with Gasteiger partial charge in [-0.2, -0.15) is 0 Å². The minimum Gasteiger partial charge on any atom is -0.464 e. The SMILES string of the molecule is COC(=O)c1nc(NC(=O)C[C@H]2NC(=O)c3ccccc3NC2=O)sc1C. The van der Waals surface area contributed by atoms with E-state index in [9.17, 15) is 19.2 Å². The van der Waals surface area contributed by atoms with Crippen molar-refractivity contribution in [3.05, 3.63) is 40.4 Å². The predicted octanol–water partition coefficient (Wildman–Crippen LogP) is 1.32. The molecule has 0 radical (unpaired) electrons. The summed E-state index contributed by atoms with van der Waals surface area (Å²) in [4.78, 5) is 53.1. The molecule has 1 aliphatic heterocycles. The number of hydrogen-bond acceptors (Lipinski definition) is 7. The van der Waals surface area contributed by atoms with E-state index in [1.165, 1.54) is 7.11 Å². The molecule has 2 heterocycles. The van der Waals surface area contributed by atoms with Gasteiger partial charge in [0.15, 0.2) is 10.8 Å². The zero-order valence-electron chi connectivity index (χ0n) is 14.5. The molecule has 0 bridgehead atoms. The van der Waals surface area contributed by atoms with Crippen LogP contribution in [0.1, 0.15) is 32.1 Å². The molecule has 1 aromatic heterocycles. The van der Waals surface area contributed by atoms with E-state index < -0.39 is 29.7 Å². The highest BCUT2D eigenvalue weighted by molar-refractivity contribution is 7.16. The summed E-state index contributed by atoms with van der Waals surface area (Å²) in [5.41, 5.74) is 0.835. The predicted molar refractivity (Wildman–Crippen MR) is 97.8 cm³/mol. The fourth-order valence-corrected chi connectivity index (χ4v) is 3.36. The van der Waals surface area contributed by atoms with Gasteiger partial charge in [-0.15, -0.1) is 11.3 Å². The van der Waals surface area contributed by atoms with Crippen LogP contribution in [0.25, 0.3) is 0 Å². The summed E-state index contributed by atoms with van der Waals surface area (Å²) < 4.78 is 4.62. The number of aromatic nitrogens is 1. The topological polar surface area (TPSA) is 126 Å². The number of fused-ring (bicyclic) bond motifs is 1. The molecule has 27 heavy (non-hydrogen) atoms. The van der Waals surface area contributed by atoms with E-state index in [1.807, 2.05) is 0 Å². The number of thiazole rings is 1. The highest BCUT2D eigenvalue weighted by Crippen LogP contribution is 2.23. The quantitative estimate of drug-likeness (QED) is 0.678. The molecule has 3 N–H and O–H groups in total. The lowest BCUT2D eigenvalue weighted by Crippen LogP contribution is -2.43. The lowest BCUT2D eigenvalue weighted by atomic mass is 10.1. The fourth-order valence-electron chi connectivity index (χ4n) is 2.55. The van der Waals surface area contributed by atoms with E-state index >= 15 is 0 Å². The van der Waals surface area contributed by atoms with E-state index in [4.69, 9.17) is 0 Å². The molecule has 2 aromatic rings. The Kier molecular flexibility index (Phi) is 5.17. The highest BCUT2D eigenvalue weighted by Gasteiger charge is 2.29. The van der Waals surface area contributed by atoms with Crippen molar-refractivity contribution in [2.75, 3.05) is 17.7 Å². The van der Waals surface area contributed by atoms with Gasteiger partial charge in [0.1, 0.15) is 6.04 Å². The van der Waals surface area contributed by atoms with Crippen molar-refractivity contribution >= 4 is 45.8 Å². The molecular formula is C17H16N4O5S. The van der Waals surface area contributed by atoms with Crippen LogP contribution in [0.3, 0.4) is 0 Å². The summed E-state index contributed by atoms with van der Waals surface area (Å²) in [5, 5.41) is 7.92. The highest BCUT2D eigenvalue weighted by atomic mass is 32.1. The summed E-state index contributed by atoms with van der Waals surface area (Å²) in [6.07, 6.45) is -0.280. The number of benzene rings is 1. The number of carbonyl (C=O) groups is 4. The van der Waals surface area contributed by atoms with Gasteiger partial charge in [-0.05, 0) is 19.1 Å². The van der Waals surface area contributed by atoms with E-state index in [0.717, 1.165) is 11.3 Å². The van der Waals surface area contributed by atoms with Crippen molar-refractivity contribution in [1.29, 1.82) is 0 Å². The minimum atomic E-state index is -1.04. The Morgan fingerprint density at radius 1 is 1.30 bits per heavy atom. The van der Waals surface area contributed by atoms with Crippen molar-refractivity contribution in [2.24, 2.45) is 0 Å². The molecule has 0 unspecified atom stereocenters. The number of nitrogens with zero attached hydrogens (tertiary/aromatic N) is 1. The Labute approximate surface area is 158 Å². The maximum absolute atomic E-state index is 12.3. The number of anilines is 2. The molecule has 0 saturated carbocycles. The number of aryl methyl sites for hydroxylation is 1. The zero-order valence-corrected chi connectivity index (χ0v) is 15.3. The molecule has 0 saturated heterocycles. The van der Waals surface area contributed by atoms with Crippen LogP contribution in [0, 0.1) is 6.92 Å². The van der Waals surface area contributed by atoms with Crippen LogP contribution in [0.5, 0.6) is 0 Å². The second-order valence-corrected chi connectivity index (χ2v) is 6.93. The molecule has 140 valence electrons. The summed E-state index contributed by atoms with van der Waals surface area (Å²) in [6, 6.07) is 5.54. The molecule has 3 amide bonds. The molecule has 0 spiro atoms. The van der Waals surface area contributed by atoms with E-state index in [0.29, 0.717) is 16.1 Å². The third-order valence-electron chi connectivity index (χ3n) is 3.86. The van der Waals surface area contributed by atoms with Gasteiger partial charge in [0.25, 0.3) is 5.91 Å². The molecule has 1 aromatic carbocycles. The van der Waals surface area contributed by atoms with Crippen LogP contribution in [-0.2, 0) is 14.3 Å². The molecular weight excluding hydrogens is 372 g/mol. The van der Waals surface area contributed by atoms with Gasteiger partial charge in [0.05, 0.1) is 24.8 Å². The number of nitrogens with one attached hydrogen (secondary N) is 3. The first kappa shape index (κ1) is 18.5. The standard InChI is InChI=1S/C17H16N4O5S/c1-8-13(16(25)26-2)21-17(27-8)20-12(22)7-11-15(24)18-10-6-4-3-5-9(10)14(23)19-11/h3-6,11H,7H2,1-2H3,(H,18,24)(H,19,23)(H,20,21,22)/t11-/m1/s1. The summed E-state index contributed by atoms with van der Waals surface area (Å²) in [5.74, 6) is -2.06. The monoisotopic (exact) mass is 388 g/mol. The van der Waals surface area contributed by atoms with Gasteiger partial charge in [0, 0.05) is 4.88 Å². The maximum Gasteiger partial charge on any atom is 0.357 e. The maximum atomic E-state index is 12.3. The summed E-state index contributed by atoms with van der Waals surface area (Å²) in [7, 11) is 1.24. The molecule has 1 aliphatic rings. The van der Waals surface area contributed by atoms with E-state index in [1.54, 1.807) is 31.2 Å². The number of esters is 1. The van der Waals surface area contributed by atoms with Gasteiger partial charge in [-0.3, -0.25) is 14.4 Å². The normalized spacial score (nSPS) is 15.9. The third kappa shape index (κ3) is 3.95. The molecule has 0 fully saturated rings. The first-order valence-electron chi connectivity index (χ1n) is 7.95. The molecule has 9 nitrogen and oxygen atoms in total. The van der Waals surface area contributed by atoms with E-state index in [2.05, 4.69) is 25.7 Å². The van der Waals surface area contributed by atoms with Crippen LogP contribution in [0.4, 0.5) is 10.8 Å². The van der Waals surface area contributed by atoms with Crippen molar-refractivity contribution < 1.29 is 23.9 Å². The summed E-state index contributed by atoms with van der Waals surface area (Å²) >= 11 is 1.11. The first-order valence-corrected chi connectivity index (χ1v) is 8.77. The Hall–Kier alpha value is -3.27. The smallest absolute Gasteiger partial charge is 0.357 e. The molecule has 1 atom stereocenters. The number of methoxy groups -OCH3 is 1. The van der Waals surface area contributed by atoms with Crippen molar-refractivity contribution in [1.82, 2.24) is 10.3 Å². The molecule has 3 rings (SSSR count). The average Bonchev–Trinajstić information content (AvgIpc) is 2.95. The summed E-state index contributed by atoms with van der Waals surface area (Å²) in [6.45, 7) is 1.68. The van der Waals surface area contributed by atoms with Crippen LogP contribution in [0.15, 0.2) is 24.3 Å². The second-order valence-electron chi connectivity index (χ2n) is 5.73. The fraction of sp³-hybridized carbons (Fsp3) is 0.235. The van der Waals surface area contributed by atoms with Gasteiger partial charge in [-0.25, -0.2) is 9.78 Å². The Morgan fingerprint density at radius 3 is 2.78 bits per heavy atom. The third-order valence-corrected chi connectivity index (χ3v) is 4.75. The van der Waals surface area contributed by atoms with Gasteiger partial charge in [-0.1, -0.05) is 12.1 Å². The molecule has 10 heteroatoms. The largest absolute Gasteiger partial charge is 0.464 e. The number of para-hydroxylation sites is 1. The Bertz CT molecular complexity index is 939. The number of carbonyl (C=O) groups excluding carboxylic acids is 4. The van der Waals surface area contributed by atoms with Gasteiger partial charge >= 0.3 is 5.97 Å². The Balaban J connectivity index is 1.69. The average molecular weight is 388 g/mol.